The number of halogens is 3. The molecule has 0 amide bonds. The third kappa shape index (κ3) is 6.50. The molecule has 0 aliphatic heterocycles. The van der Waals surface area contributed by atoms with Gasteiger partial charge in [-0.05, 0) is 24.5 Å². The Labute approximate surface area is 143 Å². The molecule has 0 saturated heterocycles. The second kappa shape index (κ2) is 7.89. The summed E-state index contributed by atoms with van der Waals surface area (Å²) in [7, 11) is 0. The van der Waals surface area contributed by atoms with Crippen LogP contribution in [0.2, 0.25) is 0 Å². The first-order valence-corrected chi connectivity index (χ1v) is 6.43. The molecule has 0 heterocycles. The van der Waals surface area contributed by atoms with Crippen molar-refractivity contribution in [1.29, 1.82) is 0 Å². The average Bonchev–Trinajstić information content (AvgIpc) is 2.12. The smallest absolute Gasteiger partial charge is 0.445 e. The van der Waals surface area contributed by atoms with Crippen molar-refractivity contribution in [2.45, 2.75) is 37.9 Å². The van der Waals surface area contributed by atoms with Gasteiger partial charge in [-0.2, -0.15) is 11.8 Å². The van der Waals surface area contributed by atoms with Crippen molar-refractivity contribution in [2.24, 2.45) is 5.92 Å². The van der Waals surface area contributed by atoms with Gasteiger partial charge in [0.2, 0.25) is 0 Å². The molecule has 6 heteroatoms. The molecule has 0 radical (unpaired) electrons. The molecule has 1 saturated carbocycles. The van der Waals surface area contributed by atoms with Crippen LogP contribution < -0.4 is 51.4 Å². The second-order valence-electron chi connectivity index (χ2n) is 4.44. The fourth-order valence-electron chi connectivity index (χ4n) is 1.85. The molecule has 0 N–H and O–H groups in total. The molecule has 1 aliphatic rings. The van der Waals surface area contributed by atoms with Crippen molar-refractivity contribution in [3.63, 3.8) is 0 Å². The molecular weight excluding hydrogens is 259 g/mol. The van der Waals surface area contributed by atoms with Crippen molar-refractivity contribution < 1.29 is 64.3 Å². The molecule has 0 aromatic carbocycles. The molecular formula is C10H17BF3KS. The Balaban J connectivity index is 0.00000225. The van der Waals surface area contributed by atoms with E-state index >= 15 is 0 Å². The summed E-state index contributed by atoms with van der Waals surface area (Å²) in [6.45, 7) is 0.459. The van der Waals surface area contributed by atoms with Gasteiger partial charge in [-0.25, -0.2) is 0 Å². The SMILES string of the molecule is C=C(CSC1CCCC(C)C1)[B-](F)(F)F.[K+]. The molecule has 1 fully saturated rings. The Morgan fingerprint density at radius 2 is 2.00 bits per heavy atom. The van der Waals surface area contributed by atoms with Gasteiger partial charge in [0.05, 0.1) is 0 Å². The summed E-state index contributed by atoms with van der Waals surface area (Å²) < 4.78 is 36.7. The zero-order chi connectivity index (χ0) is 11.5. The summed E-state index contributed by atoms with van der Waals surface area (Å²) in [5, 5.41) is 0.406. The maximum Gasteiger partial charge on any atom is 1.00 e. The predicted octanol–water partition coefficient (Wildman–Crippen LogP) is 1.25. The van der Waals surface area contributed by atoms with Crippen LogP contribution in [0.4, 0.5) is 12.9 Å². The van der Waals surface area contributed by atoms with Crippen LogP contribution in [0, 0.1) is 5.92 Å². The van der Waals surface area contributed by atoms with Gasteiger partial charge >= 0.3 is 58.4 Å². The van der Waals surface area contributed by atoms with E-state index in [1.807, 2.05) is 0 Å². The molecule has 1 rings (SSSR count). The minimum absolute atomic E-state index is 0. The van der Waals surface area contributed by atoms with E-state index in [0.29, 0.717) is 11.2 Å². The Morgan fingerprint density at radius 1 is 1.38 bits per heavy atom. The topological polar surface area (TPSA) is 0 Å². The molecule has 0 spiro atoms. The van der Waals surface area contributed by atoms with Gasteiger partial charge in [-0.15, -0.1) is 12.1 Å². The zero-order valence-electron chi connectivity index (χ0n) is 10.0. The fourth-order valence-corrected chi connectivity index (χ4v) is 3.29. The Morgan fingerprint density at radius 3 is 2.50 bits per heavy atom. The largest absolute Gasteiger partial charge is 1.00 e. The van der Waals surface area contributed by atoms with Crippen LogP contribution in [0.5, 0.6) is 0 Å². The molecule has 0 bridgehead atoms. The van der Waals surface area contributed by atoms with E-state index in [1.165, 1.54) is 18.2 Å². The summed E-state index contributed by atoms with van der Waals surface area (Å²) in [6.07, 6.45) is 4.50. The van der Waals surface area contributed by atoms with Gasteiger partial charge in [0.25, 0.3) is 0 Å². The predicted molar refractivity (Wildman–Crippen MR) is 62.1 cm³/mol. The summed E-state index contributed by atoms with van der Waals surface area (Å²) in [5.74, 6) is 0.724. The van der Waals surface area contributed by atoms with Gasteiger partial charge in [0.15, 0.2) is 0 Å². The molecule has 16 heavy (non-hydrogen) atoms. The third-order valence-corrected chi connectivity index (χ3v) is 4.29. The van der Waals surface area contributed by atoms with Gasteiger partial charge in [0, 0.05) is 5.25 Å². The first-order chi connectivity index (χ1) is 6.89. The Bertz CT molecular complexity index is 233. The summed E-state index contributed by atoms with van der Waals surface area (Å²) >= 11 is 1.43. The van der Waals surface area contributed by atoms with Gasteiger partial charge in [-0.1, -0.05) is 19.8 Å². The number of thioether (sulfide) groups is 1. The van der Waals surface area contributed by atoms with Crippen LogP contribution in [0.1, 0.15) is 32.6 Å². The van der Waals surface area contributed by atoms with Crippen LogP contribution in [0.3, 0.4) is 0 Å². The summed E-state index contributed by atoms with van der Waals surface area (Å²) in [5.41, 5.74) is -0.543. The van der Waals surface area contributed by atoms with Crippen LogP contribution in [0.15, 0.2) is 12.1 Å². The van der Waals surface area contributed by atoms with Crippen molar-refractivity contribution >= 4 is 18.7 Å². The summed E-state index contributed by atoms with van der Waals surface area (Å²) in [6, 6.07) is 0. The van der Waals surface area contributed by atoms with E-state index in [2.05, 4.69) is 13.5 Å². The minimum atomic E-state index is -4.83. The molecule has 88 valence electrons. The minimum Gasteiger partial charge on any atom is -0.445 e. The zero-order valence-corrected chi connectivity index (χ0v) is 14.0. The monoisotopic (exact) mass is 276 g/mol. The third-order valence-electron chi connectivity index (χ3n) is 2.86. The molecule has 2 atom stereocenters. The van der Waals surface area contributed by atoms with E-state index in [4.69, 9.17) is 0 Å². The Hall–Kier alpha value is 1.58. The maximum atomic E-state index is 12.2. The van der Waals surface area contributed by atoms with E-state index in [9.17, 15) is 12.9 Å². The van der Waals surface area contributed by atoms with Crippen LogP contribution in [0.25, 0.3) is 0 Å². The number of rotatable bonds is 4. The van der Waals surface area contributed by atoms with E-state index < -0.39 is 12.4 Å². The van der Waals surface area contributed by atoms with Gasteiger partial charge < -0.3 is 12.9 Å². The molecule has 0 aromatic rings. The van der Waals surface area contributed by atoms with E-state index in [-0.39, 0.29) is 57.1 Å². The molecule has 2 unspecified atom stereocenters. The normalized spacial score (nSPS) is 26.0. The maximum absolute atomic E-state index is 12.2. The molecule has 0 nitrogen and oxygen atoms in total. The van der Waals surface area contributed by atoms with Crippen molar-refractivity contribution in [2.75, 3.05) is 5.75 Å². The fraction of sp³-hybridized carbons (Fsp3) is 0.800. The Kier molecular flexibility index (Phi) is 8.67. The van der Waals surface area contributed by atoms with Crippen molar-refractivity contribution in [3.8, 4) is 0 Å². The van der Waals surface area contributed by atoms with Gasteiger partial charge in [0.1, 0.15) is 0 Å². The average molecular weight is 276 g/mol. The molecule has 0 aromatic heterocycles. The molecule has 1 aliphatic carbocycles. The van der Waals surface area contributed by atoms with Gasteiger partial charge in [-0.3, -0.25) is 0 Å². The van der Waals surface area contributed by atoms with Crippen LogP contribution in [-0.2, 0) is 0 Å². The standard InChI is InChI=1S/C10H17BF3S.K/c1-8-4-3-5-10(6-8)15-7-9(2)11(12,13)14;/h8,10H,2-7H2,1H3;/q-1;+1. The first-order valence-electron chi connectivity index (χ1n) is 5.39. The quantitative estimate of drug-likeness (QED) is 0.696. The van der Waals surface area contributed by atoms with E-state index in [0.717, 1.165) is 19.3 Å². The second-order valence-corrected chi connectivity index (χ2v) is 5.73. The van der Waals surface area contributed by atoms with Crippen LogP contribution in [-0.4, -0.2) is 18.0 Å². The van der Waals surface area contributed by atoms with Crippen molar-refractivity contribution in [1.82, 2.24) is 0 Å². The van der Waals surface area contributed by atoms with Crippen molar-refractivity contribution in [3.05, 3.63) is 12.1 Å². The van der Waals surface area contributed by atoms with Crippen LogP contribution >= 0.6 is 11.8 Å². The first kappa shape index (κ1) is 17.6. The number of hydrogen-bond acceptors (Lipinski definition) is 1. The number of hydrogen-bond donors (Lipinski definition) is 0. The summed E-state index contributed by atoms with van der Waals surface area (Å²) in [4.78, 5) is 0. The van der Waals surface area contributed by atoms with E-state index in [1.54, 1.807) is 0 Å².